The van der Waals surface area contributed by atoms with E-state index in [0.29, 0.717) is 11.6 Å². The van der Waals surface area contributed by atoms with Gasteiger partial charge in [-0.25, -0.2) is 4.79 Å². The predicted octanol–water partition coefficient (Wildman–Crippen LogP) is 4.10. The molecule has 144 valence electrons. The number of anilines is 1. The van der Waals surface area contributed by atoms with Crippen LogP contribution < -0.4 is 5.32 Å². The summed E-state index contributed by atoms with van der Waals surface area (Å²) in [5, 5.41) is 6.10. The van der Waals surface area contributed by atoms with Gasteiger partial charge >= 0.3 is 5.97 Å². The van der Waals surface area contributed by atoms with Crippen molar-refractivity contribution in [2.24, 2.45) is 0 Å². The summed E-state index contributed by atoms with van der Waals surface area (Å²) in [7, 11) is 1.42. The maximum atomic E-state index is 11.8. The summed E-state index contributed by atoms with van der Waals surface area (Å²) >= 11 is 0. The van der Waals surface area contributed by atoms with Gasteiger partial charge in [-0.3, -0.25) is 9.88 Å². The number of nitrogens with one attached hydrogen (secondary N) is 1. The van der Waals surface area contributed by atoms with Gasteiger partial charge in [0.2, 0.25) is 0 Å². The number of esters is 1. The number of carbonyl (C=O) groups excluding carboxylic acids is 1. The highest BCUT2D eigenvalue weighted by molar-refractivity contribution is 5.93. The molecule has 0 bridgehead atoms. The average molecular weight is 375 g/mol. The molecule has 5 heteroatoms. The Bertz CT molecular complexity index is 967. The Morgan fingerprint density at radius 3 is 3.04 bits per heavy atom. The number of hydrogen-bond donors (Lipinski definition) is 1. The molecule has 28 heavy (non-hydrogen) atoms. The van der Waals surface area contributed by atoms with Crippen molar-refractivity contribution < 1.29 is 9.53 Å². The van der Waals surface area contributed by atoms with Crippen molar-refractivity contribution >= 4 is 22.4 Å². The standard InChI is InChI=1S/C23H25N3O2/c1-28-23(27)18-6-2-5-17(13-18)15-26-12-4-8-20(16-26)25-22-9-3-7-19-14-24-11-10-21(19)22/h2-3,5-7,9-11,13-14,20,25H,4,8,12,15-16H2,1H3. The Morgan fingerprint density at radius 1 is 1.25 bits per heavy atom. The van der Waals surface area contributed by atoms with Crippen molar-refractivity contribution in [3.8, 4) is 0 Å². The van der Waals surface area contributed by atoms with Crippen LogP contribution in [0.15, 0.2) is 60.9 Å². The van der Waals surface area contributed by atoms with Gasteiger partial charge in [-0.05, 0) is 49.2 Å². The first-order valence-corrected chi connectivity index (χ1v) is 9.72. The van der Waals surface area contributed by atoms with Crippen molar-refractivity contribution in [1.29, 1.82) is 0 Å². The zero-order valence-corrected chi connectivity index (χ0v) is 16.1. The summed E-state index contributed by atoms with van der Waals surface area (Å²) in [6, 6.07) is 16.5. The number of benzene rings is 2. The second kappa shape index (κ2) is 8.40. The van der Waals surface area contributed by atoms with Gasteiger partial charge in [-0.15, -0.1) is 0 Å². The van der Waals surface area contributed by atoms with Gasteiger partial charge in [-0.2, -0.15) is 0 Å². The lowest BCUT2D eigenvalue weighted by molar-refractivity contribution is 0.0600. The fourth-order valence-corrected chi connectivity index (χ4v) is 3.96. The molecule has 3 aromatic rings. The molecule has 1 unspecified atom stereocenters. The smallest absolute Gasteiger partial charge is 0.337 e. The predicted molar refractivity (Wildman–Crippen MR) is 111 cm³/mol. The van der Waals surface area contributed by atoms with Gasteiger partial charge in [0.15, 0.2) is 0 Å². The molecule has 1 aliphatic rings. The molecule has 1 N–H and O–H groups in total. The number of carbonyl (C=O) groups is 1. The Kier molecular flexibility index (Phi) is 5.53. The van der Waals surface area contributed by atoms with Crippen LogP contribution in [-0.4, -0.2) is 42.1 Å². The van der Waals surface area contributed by atoms with Gasteiger partial charge in [0, 0.05) is 48.0 Å². The minimum atomic E-state index is -0.287. The monoisotopic (exact) mass is 375 g/mol. The summed E-state index contributed by atoms with van der Waals surface area (Å²) in [5.41, 5.74) is 2.91. The number of likely N-dealkylation sites (tertiary alicyclic amines) is 1. The van der Waals surface area contributed by atoms with E-state index in [4.69, 9.17) is 4.74 Å². The second-order valence-electron chi connectivity index (χ2n) is 7.31. The lowest BCUT2D eigenvalue weighted by Gasteiger charge is -2.34. The third kappa shape index (κ3) is 4.15. The maximum absolute atomic E-state index is 11.8. The lowest BCUT2D eigenvalue weighted by Crippen LogP contribution is -2.41. The van der Waals surface area contributed by atoms with Crippen molar-refractivity contribution in [1.82, 2.24) is 9.88 Å². The Hall–Kier alpha value is -2.92. The van der Waals surface area contributed by atoms with Crippen LogP contribution in [0.4, 0.5) is 5.69 Å². The molecule has 2 aromatic carbocycles. The summed E-state index contributed by atoms with van der Waals surface area (Å²) in [4.78, 5) is 18.4. The number of piperidine rings is 1. The van der Waals surface area contributed by atoms with E-state index in [0.717, 1.165) is 43.4 Å². The molecular weight excluding hydrogens is 350 g/mol. The summed E-state index contributed by atoms with van der Waals surface area (Å²) in [5.74, 6) is -0.287. The Balaban J connectivity index is 1.44. The number of rotatable bonds is 5. The fourth-order valence-electron chi connectivity index (χ4n) is 3.96. The van der Waals surface area contributed by atoms with Gasteiger partial charge in [0.25, 0.3) is 0 Å². The molecule has 4 rings (SSSR count). The first-order valence-electron chi connectivity index (χ1n) is 9.72. The average Bonchev–Trinajstić information content (AvgIpc) is 2.74. The van der Waals surface area contributed by atoms with Crippen LogP contribution in [0.1, 0.15) is 28.8 Å². The van der Waals surface area contributed by atoms with E-state index in [1.165, 1.54) is 18.2 Å². The fraction of sp³-hybridized carbons (Fsp3) is 0.304. The van der Waals surface area contributed by atoms with Crippen LogP contribution in [0.2, 0.25) is 0 Å². The molecule has 1 atom stereocenters. The molecule has 1 saturated heterocycles. The van der Waals surface area contributed by atoms with Gasteiger partial charge in [0.05, 0.1) is 12.7 Å². The van der Waals surface area contributed by atoms with Crippen molar-refractivity contribution in [2.75, 3.05) is 25.5 Å². The quantitative estimate of drug-likeness (QED) is 0.681. The highest BCUT2D eigenvalue weighted by Gasteiger charge is 2.20. The van der Waals surface area contributed by atoms with E-state index < -0.39 is 0 Å². The molecule has 5 nitrogen and oxygen atoms in total. The molecule has 1 aliphatic heterocycles. The van der Waals surface area contributed by atoms with E-state index in [9.17, 15) is 4.79 Å². The first-order chi connectivity index (χ1) is 13.7. The maximum Gasteiger partial charge on any atom is 0.337 e. The number of aromatic nitrogens is 1. The Morgan fingerprint density at radius 2 is 2.14 bits per heavy atom. The molecule has 1 aromatic heterocycles. The minimum Gasteiger partial charge on any atom is -0.465 e. The van der Waals surface area contributed by atoms with Crippen LogP contribution in [0.5, 0.6) is 0 Å². The molecule has 1 fully saturated rings. The van der Waals surface area contributed by atoms with E-state index in [1.54, 1.807) is 6.07 Å². The van der Waals surface area contributed by atoms with Crippen LogP contribution in [0.3, 0.4) is 0 Å². The molecule has 0 amide bonds. The first kappa shape index (κ1) is 18.4. The number of nitrogens with zero attached hydrogens (tertiary/aromatic N) is 2. The summed E-state index contributed by atoms with van der Waals surface area (Å²) in [6.07, 6.45) is 6.05. The zero-order valence-electron chi connectivity index (χ0n) is 16.1. The Labute approximate surface area is 165 Å². The number of pyridine rings is 1. The highest BCUT2D eigenvalue weighted by atomic mass is 16.5. The van der Waals surface area contributed by atoms with E-state index in [2.05, 4.69) is 45.5 Å². The molecule has 0 spiro atoms. The highest BCUT2D eigenvalue weighted by Crippen LogP contribution is 2.25. The van der Waals surface area contributed by atoms with E-state index >= 15 is 0 Å². The molecule has 2 heterocycles. The molecule has 0 radical (unpaired) electrons. The molecule has 0 saturated carbocycles. The molecule has 0 aliphatic carbocycles. The number of fused-ring (bicyclic) bond motifs is 1. The lowest BCUT2D eigenvalue weighted by atomic mass is 10.0. The number of ether oxygens (including phenoxy) is 1. The van der Waals surface area contributed by atoms with Crippen molar-refractivity contribution in [3.05, 3.63) is 72.1 Å². The third-order valence-corrected chi connectivity index (χ3v) is 5.30. The van der Waals surface area contributed by atoms with Gasteiger partial charge in [-0.1, -0.05) is 24.3 Å². The SMILES string of the molecule is COC(=O)c1cccc(CN2CCCC(Nc3cccc4cnccc34)C2)c1. The number of hydrogen-bond acceptors (Lipinski definition) is 5. The largest absolute Gasteiger partial charge is 0.465 e. The molecular formula is C23H25N3O2. The zero-order chi connectivity index (χ0) is 19.3. The van der Waals surface area contributed by atoms with Crippen LogP contribution >= 0.6 is 0 Å². The topological polar surface area (TPSA) is 54.5 Å². The van der Waals surface area contributed by atoms with Gasteiger partial charge in [0.1, 0.15) is 0 Å². The van der Waals surface area contributed by atoms with E-state index in [-0.39, 0.29) is 5.97 Å². The minimum absolute atomic E-state index is 0.287. The van der Waals surface area contributed by atoms with Crippen molar-refractivity contribution in [2.45, 2.75) is 25.4 Å². The van der Waals surface area contributed by atoms with Crippen molar-refractivity contribution in [3.63, 3.8) is 0 Å². The second-order valence-corrected chi connectivity index (χ2v) is 7.31. The number of methoxy groups -OCH3 is 1. The summed E-state index contributed by atoms with van der Waals surface area (Å²) < 4.78 is 4.83. The van der Waals surface area contributed by atoms with Gasteiger partial charge < -0.3 is 10.1 Å². The normalized spacial score (nSPS) is 17.4. The summed E-state index contributed by atoms with van der Waals surface area (Å²) in [6.45, 7) is 2.88. The van der Waals surface area contributed by atoms with E-state index in [1.807, 2.05) is 24.5 Å². The van der Waals surface area contributed by atoms with Crippen LogP contribution in [0, 0.1) is 0 Å². The third-order valence-electron chi connectivity index (χ3n) is 5.30. The van der Waals surface area contributed by atoms with Crippen LogP contribution in [-0.2, 0) is 11.3 Å². The van der Waals surface area contributed by atoms with Crippen LogP contribution in [0.25, 0.3) is 10.8 Å².